The Morgan fingerprint density at radius 3 is 2.94 bits per heavy atom. The van der Waals surface area contributed by atoms with Crippen molar-refractivity contribution >= 4 is 5.97 Å². The molecule has 0 aliphatic heterocycles. The number of rotatable bonds is 2. The molecular weight excluding hydrogens is 223 g/mol. The van der Waals surface area contributed by atoms with Crippen molar-refractivity contribution in [1.82, 2.24) is 0 Å². The fourth-order valence-electron chi connectivity index (χ4n) is 2.27. The van der Waals surface area contributed by atoms with Crippen molar-refractivity contribution in [3.63, 3.8) is 0 Å². The van der Waals surface area contributed by atoms with Crippen LogP contribution < -0.4 is 0 Å². The number of esters is 1. The van der Waals surface area contributed by atoms with Gasteiger partial charge in [-0.15, -0.1) is 0 Å². The van der Waals surface area contributed by atoms with Gasteiger partial charge in [-0.1, -0.05) is 6.07 Å². The van der Waals surface area contributed by atoms with Crippen LogP contribution >= 0.6 is 0 Å². The van der Waals surface area contributed by atoms with Gasteiger partial charge in [0.15, 0.2) is 0 Å². The Morgan fingerprint density at radius 2 is 2.24 bits per heavy atom. The van der Waals surface area contributed by atoms with Gasteiger partial charge in [0.05, 0.1) is 18.6 Å². The van der Waals surface area contributed by atoms with Crippen LogP contribution in [0, 0.1) is 5.82 Å². The molecule has 3 nitrogen and oxygen atoms in total. The Labute approximate surface area is 99.2 Å². The molecule has 17 heavy (non-hydrogen) atoms. The highest BCUT2D eigenvalue weighted by Gasteiger charge is 2.31. The third-order valence-electron chi connectivity index (χ3n) is 3.08. The molecule has 1 aromatic carbocycles. The van der Waals surface area contributed by atoms with Gasteiger partial charge in [-0.2, -0.15) is 0 Å². The predicted octanol–water partition coefficient (Wildman–Crippen LogP) is 2.30. The van der Waals surface area contributed by atoms with Gasteiger partial charge in [-0.05, 0) is 43.0 Å². The van der Waals surface area contributed by atoms with Crippen molar-refractivity contribution < 1.29 is 19.0 Å². The molecule has 0 bridgehead atoms. The van der Waals surface area contributed by atoms with E-state index in [4.69, 9.17) is 4.74 Å². The molecule has 92 valence electrons. The molecule has 1 aromatic rings. The summed E-state index contributed by atoms with van der Waals surface area (Å²) in [7, 11) is 0. The van der Waals surface area contributed by atoms with Gasteiger partial charge in [0.1, 0.15) is 5.82 Å². The first-order chi connectivity index (χ1) is 8.13. The minimum Gasteiger partial charge on any atom is -0.466 e. The maximum atomic E-state index is 13.1. The molecule has 0 heterocycles. The fourth-order valence-corrected chi connectivity index (χ4v) is 2.27. The average Bonchev–Trinajstić information content (AvgIpc) is 2.30. The van der Waals surface area contributed by atoms with E-state index in [2.05, 4.69) is 0 Å². The SMILES string of the molecule is CCOC(=O)C1CCC(O)c2cc(F)ccc21. The first kappa shape index (κ1) is 12.0. The summed E-state index contributed by atoms with van der Waals surface area (Å²) in [5.41, 5.74) is 1.19. The third kappa shape index (κ3) is 2.31. The molecule has 0 amide bonds. The Morgan fingerprint density at radius 1 is 1.47 bits per heavy atom. The number of ether oxygens (including phenoxy) is 1. The summed E-state index contributed by atoms with van der Waals surface area (Å²) in [5, 5.41) is 9.80. The molecule has 0 saturated heterocycles. The van der Waals surface area contributed by atoms with E-state index in [-0.39, 0.29) is 11.9 Å². The topological polar surface area (TPSA) is 46.5 Å². The summed E-state index contributed by atoms with van der Waals surface area (Å²) in [5.74, 6) is -1.08. The van der Waals surface area contributed by atoms with Gasteiger partial charge < -0.3 is 9.84 Å². The van der Waals surface area contributed by atoms with Crippen molar-refractivity contribution in [3.05, 3.63) is 35.1 Å². The number of carbonyl (C=O) groups is 1. The fraction of sp³-hybridized carbons (Fsp3) is 0.462. The Bertz CT molecular complexity index is 431. The summed E-state index contributed by atoms with van der Waals surface area (Å²) < 4.78 is 18.1. The molecule has 0 saturated carbocycles. The van der Waals surface area contributed by atoms with E-state index < -0.39 is 11.9 Å². The number of hydrogen-bond acceptors (Lipinski definition) is 3. The van der Waals surface area contributed by atoms with Crippen LogP contribution in [0.4, 0.5) is 4.39 Å². The lowest BCUT2D eigenvalue weighted by Crippen LogP contribution is -2.23. The lowest BCUT2D eigenvalue weighted by Gasteiger charge is -2.27. The number of aliphatic hydroxyl groups is 1. The second-order valence-corrected chi connectivity index (χ2v) is 4.17. The maximum absolute atomic E-state index is 13.1. The Kier molecular flexibility index (Phi) is 3.43. The van der Waals surface area contributed by atoms with Gasteiger partial charge in [0.2, 0.25) is 0 Å². The molecule has 1 aliphatic carbocycles. The molecule has 1 aliphatic rings. The minimum atomic E-state index is -0.689. The van der Waals surface area contributed by atoms with E-state index in [9.17, 15) is 14.3 Å². The van der Waals surface area contributed by atoms with Gasteiger partial charge >= 0.3 is 5.97 Å². The lowest BCUT2D eigenvalue weighted by molar-refractivity contribution is -0.145. The third-order valence-corrected chi connectivity index (χ3v) is 3.08. The number of benzene rings is 1. The maximum Gasteiger partial charge on any atom is 0.313 e. The molecule has 0 spiro atoms. The van der Waals surface area contributed by atoms with E-state index >= 15 is 0 Å². The van der Waals surface area contributed by atoms with Gasteiger partial charge in [0.25, 0.3) is 0 Å². The number of fused-ring (bicyclic) bond motifs is 1. The Hall–Kier alpha value is -1.42. The second kappa shape index (κ2) is 4.84. The number of halogens is 1. The molecule has 0 aromatic heterocycles. The van der Waals surface area contributed by atoms with E-state index in [1.807, 2.05) is 0 Å². The van der Waals surface area contributed by atoms with Crippen molar-refractivity contribution in [2.75, 3.05) is 6.61 Å². The van der Waals surface area contributed by atoms with Crippen molar-refractivity contribution in [2.24, 2.45) is 0 Å². The summed E-state index contributed by atoms with van der Waals surface area (Å²) in [6, 6.07) is 4.17. The van der Waals surface area contributed by atoms with Crippen LogP contribution in [0.2, 0.25) is 0 Å². The van der Waals surface area contributed by atoms with E-state index in [0.717, 1.165) is 0 Å². The average molecular weight is 238 g/mol. The van der Waals surface area contributed by atoms with Crippen LogP contribution in [0.1, 0.15) is 42.9 Å². The minimum absolute atomic E-state index is 0.299. The highest BCUT2D eigenvalue weighted by molar-refractivity contribution is 5.79. The summed E-state index contributed by atoms with van der Waals surface area (Å²) in [6.07, 6.45) is 0.310. The summed E-state index contributed by atoms with van der Waals surface area (Å²) >= 11 is 0. The molecular formula is C13H15FO3. The molecule has 1 N–H and O–H groups in total. The van der Waals surface area contributed by atoms with Gasteiger partial charge in [0, 0.05) is 0 Å². The smallest absolute Gasteiger partial charge is 0.313 e. The van der Waals surface area contributed by atoms with Crippen LogP contribution in [0.3, 0.4) is 0 Å². The monoisotopic (exact) mass is 238 g/mol. The summed E-state index contributed by atoms with van der Waals surface area (Å²) in [4.78, 5) is 11.8. The van der Waals surface area contributed by atoms with Crippen LogP contribution in [0.15, 0.2) is 18.2 Å². The second-order valence-electron chi connectivity index (χ2n) is 4.17. The molecule has 2 rings (SSSR count). The number of carbonyl (C=O) groups excluding carboxylic acids is 1. The number of aliphatic hydroxyl groups excluding tert-OH is 1. The van der Waals surface area contributed by atoms with Crippen molar-refractivity contribution in [1.29, 1.82) is 0 Å². The van der Waals surface area contributed by atoms with E-state index in [1.54, 1.807) is 13.0 Å². The lowest BCUT2D eigenvalue weighted by atomic mass is 9.81. The quantitative estimate of drug-likeness (QED) is 0.804. The molecule has 0 fully saturated rings. The summed E-state index contributed by atoms with van der Waals surface area (Å²) in [6.45, 7) is 2.08. The van der Waals surface area contributed by atoms with E-state index in [0.29, 0.717) is 30.6 Å². The van der Waals surface area contributed by atoms with Crippen LogP contribution in [0.5, 0.6) is 0 Å². The normalized spacial score (nSPS) is 23.0. The Balaban J connectivity index is 2.35. The highest BCUT2D eigenvalue weighted by atomic mass is 19.1. The van der Waals surface area contributed by atoms with Crippen LogP contribution in [0.25, 0.3) is 0 Å². The zero-order valence-electron chi connectivity index (χ0n) is 9.65. The van der Waals surface area contributed by atoms with Crippen LogP contribution in [-0.4, -0.2) is 17.7 Å². The van der Waals surface area contributed by atoms with E-state index in [1.165, 1.54) is 12.1 Å². The first-order valence-electron chi connectivity index (χ1n) is 5.77. The molecule has 0 radical (unpaired) electrons. The first-order valence-corrected chi connectivity index (χ1v) is 5.77. The predicted molar refractivity (Wildman–Crippen MR) is 60.0 cm³/mol. The van der Waals surface area contributed by atoms with Crippen LogP contribution in [-0.2, 0) is 9.53 Å². The molecule has 4 heteroatoms. The number of hydrogen-bond donors (Lipinski definition) is 1. The van der Waals surface area contributed by atoms with Crippen molar-refractivity contribution in [3.8, 4) is 0 Å². The largest absolute Gasteiger partial charge is 0.466 e. The highest BCUT2D eigenvalue weighted by Crippen LogP contribution is 2.38. The van der Waals surface area contributed by atoms with Gasteiger partial charge in [-0.3, -0.25) is 4.79 Å². The van der Waals surface area contributed by atoms with Gasteiger partial charge in [-0.25, -0.2) is 4.39 Å². The molecule has 2 atom stereocenters. The van der Waals surface area contributed by atoms with Crippen molar-refractivity contribution in [2.45, 2.75) is 31.8 Å². The zero-order chi connectivity index (χ0) is 12.4. The zero-order valence-corrected chi connectivity index (χ0v) is 9.65. The molecule has 2 unspecified atom stereocenters. The standard InChI is InChI=1S/C13H15FO3/c1-2-17-13(16)10-5-6-12(15)11-7-8(14)3-4-9(10)11/h3-4,7,10,12,15H,2,5-6H2,1H3.